The number of carbonyl (C=O) groups excluding carboxylic acids is 2. The highest BCUT2D eigenvalue weighted by Gasteiger charge is 2.64. The third-order valence-electron chi connectivity index (χ3n) is 5.63. The topological polar surface area (TPSA) is 37.4 Å². The minimum Gasteiger partial charge on any atom is -0.278 e. The van der Waals surface area contributed by atoms with Crippen LogP contribution in [0.25, 0.3) is 0 Å². The summed E-state index contributed by atoms with van der Waals surface area (Å²) in [6.45, 7) is 10.3. The molecule has 21 heavy (non-hydrogen) atoms. The summed E-state index contributed by atoms with van der Waals surface area (Å²) in [6.07, 6.45) is 5.59. The van der Waals surface area contributed by atoms with Crippen LogP contribution >= 0.6 is 0 Å². The van der Waals surface area contributed by atoms with Gasteiger partial charge >= 0.3 is 0 Å². The number of allylic oxidation sites excluding steroid dienone is 1. The number of carbonyl (C=O) groups is 2. The molecule has 0 aromatic carbocycles. The van der Waals surface area contributed by atoms with Crippen LogP contribution in [0, 0.1) is 29.1 Å². The van der Waals surface area contributed by atoms with Gasteiger partial charge in [0.25, 0.3) is 0 Å². The second-order valence-electron chi connectivity index (χ2n) is 8.48. The van der Waals surface area contributed by atoms with Crippen LogP contribution in [0.3, 0.4) is 0 Å². The van der Waals surface area contributed by atoms with Gasteiger partial charge in [0.1, 0.15) is 0 Å². The van der Waals surface area contributed by atoms with E-state index in [4.69, 9.17) is 0 Å². The number of hydrogen-bond donors (Lipinski definition) is 0. The van der Waals surface area contributed by atoms with Crippen LogP contribution in [0.5, 0.6) is 0 Å². The van der Waals surface area contributed by atoms with Gasteiger partial charge in [0.05, 0.1) is 17.9 Å². The molecule has 116 valence electrons. The summed E-state index contributed by atoms with van der Waals surface area (Å²) in [6, 6.07) is 0.221. The number of likely N-dealkylation sites (tertiary alicyclic amines) is 1. The molecule has 0 aromatic heterocycles. The summed E-state index contributed by atoms with van der Waals surface area (Å²) in [7, 11) is 0. The molecule has 5 atom stereocenters. The zero-order valence-corrected chi connectivity index (χ0v) is 13.8. The number of amides is 2. The molecule has 3 heteroatoms. The van der Waals surface area contributed by atoms with Crippen LogP contribution < -0.4 is 0 Å². The van der Waals surface area contributed by atoms with Gasteiger partial charge in [-0.15, -0.1) is 0 Å². The van der Waals surface area contributed by atoms with E-state index in [1.807, 2.05) is 19.9 Å². The lowest BCUT2D eigenvalue weighted by molar-refractivity contribution is -0.172. The van der Waals surface area contributed by atoms with Crippen molar-refractivity contribution in [2.75, 3.05) is 0 Å². The quantitative estimate of drug-likeness (QED) is 0.577. The third kappa shape index (κ3) is 2.16. The highest BCUT2D eigenvalue weighted by atomic mass is 16.2. The van der Waals surface area contributed by atoms with Gasteiger partial charge < -0.3 is 0 Å². The van der Waals surface area contributed by atoms with Gasteiger partial charge in [-0.1, -0.05) is 32.4 Å². The second kappa shape index (κ2) is 4.69. The first-order valence-electron chi connectivity index (χ1n) is 8.23. The summed E-state index contributed by atoms with van der Waals surface area (Å²) in [5.74, 6) is 1.24. The maximum Gasteiger partial charge on any atom is 0.236 e. The van der Waals surface area contributed by atoms with Crippen molar-refractivity contribution in [3.63, 3.8) is 0 Å². The molecular weight excluding hydrogens is 262 g/mol. The van der Waals surface area contributed by atoms with Crippen molar-refractivity contribution < 1.29 is 9.59 Å². The number of rotatable bonds is 2. The maximum absolute atomic E-state index is 13.0. The summed E-state index contributed by atoms with van der Waals surface area (Å²) < 4.78 is 0. The SMILES string of the molecule is CC(C)=CC(C(=O)N1C(=O)C2C3CCC(C3)C21)C(C)(C)C. The Bertz CT molecular complexity index is 510. The molecule has 1 aliphatic heterocycles. The number of β-lactam (4-membered cyclic amide) rings is 1. The minimum atomic E-state index is -0.202. The van der Waals surface area contributed by atoms with Gasteiger partial charge in [-0.05, 0) is 50.4 Å². The van der Waals surface area contributed by atoms with Crippen LogP contribution in [-0.2, 0) is 9.59 Å². The first kappa shape index (κ1) is 14.8. The van der Waals surface area contributed by atoms with E-state index in [0.717, 1.165) is 12.0 Å². The number of hydrogen-bond acceptors (Lipinski definition) is 2. The molecule has 1 heterocycles. The maximum atomic E-state index is 13.0. The van der Waals surface area contributed by atoms with Gasteiger partial charge in [0, 0.05) is 0 Å². The van der Waals surface area contributed by atoms with E-state index in [2.05, 4.69) is 20.8 Å². The Morgan fingerprint density at radius 3 is 2.43 bits per heavy atom. The van der Waals surface area contributed by atoms with Gasteiger partial charge in [0.2, 0.25) is 11.8 Å². The molecule has 3 fully saturated rings. The molecule has 3 rings (SSSR count). The van der Waals surface area contributed by atoms with E-state index in [9.17, 15) is 9.59 Å². The Morgan fingerprint density at radius 1 is 1.24 bits per heavy atom. The van der Waals surface area contributed by atoms with Gasteiger partial charge in [-0.2, -0.15) is 0 Å². The molecule has 0 N–H and O–H groups in total. The molecule has 2 aliphatic carbocycles. The average Bonchev–Trinajstić information content (AvgIpc) is 2.91. The van der Waals surface area contributed by atoms with Crippen LogP contribution in [0.1, 0.15) is 53.9 Å². The summed E-state index contributed by atoms with van der Waals surface area (Å²) in [5.41, 5.74) is 0.984. The second-order valence-corrected chi connectivity index (χ2v) is 8.48. The Hall–Kier alpha value is -1.12. The Balaban J connectivity index is 1.84. The van der Waals surface area contributed by atoms with Crippen molar-refractivity contribution in [2.24, 2.45) is 29.1 Å². The molecule has 0 radical (unpaired) electrons. The van der Waals surface area contributed by atoms with Crippen molar-refractivity contribution in [2.45, 2.75) is 59.9 Å². The van der Waals surface area contributed by atoms with Crippen LogP contribution in [0.2, 0.25) is 0 Å². The van der Waals surface area contributed by atoms with Gasteiger partial charge in [-0.3, -0.25) is 14.5 Å². The molecule has 0 aromatic rings. The van der Waals surface area contributed by atoms with Crippen molar-refractivity contribution in [3.8, 4) is 0 Å². The molecule has 2 amide bonds. The highest BCUT2D eigenvalue weighted by molar-refractivity contribution is 6.04. The predicted octanol–water partition coefficient (Wildman–Crippen LogP) is 3.40. The molecule has 2 saturated carbocycles. The standard InChI is InChI=1S/C18H27NO2/c1-10(2)8-13(18(3,4)5)16(20)19-15-12-7-6-11(9-12)14(15)17(19)21/h8,11-15H,6-7,9H2,1-5H3. The van der Waals surface area contributed by atoms with Crippen LogP contribution in [-0.4, -0.2) is 22.8 Å². The van der Waals surface area contributed by atoms with Gasteiger partial charge in [-0.25, -0.2) is 0 Å². The Labute approximate surface area is 127 Å². The van der Waals surface area contributed by atoms with E-state index in [1.165, 1.54) is 12.8 Å². The van der Waals surface area contributed by atoms with Crippen molar-refractivity contribution in [1.82, 2.24) is 4.90 Å². The molecular formula is C18H27NO2. The van der Waals surface area contributed by atoms with Crippen molar-refractivity contribution in [1.29, 1.82) is 0 Å². The normalized spacial score (nSPS) is 35.3. The first-order valence-corrected chi connectivity index (χ1v) is 8.23. The Kier molecular flexibility index (Phi) is 3.30. The smallest absolute Gasteiger partial charge is 0.236 e. The summed E-state index contributed by atoms with van der Waals surface area (Å²) in [5, 5.41) is 0. The fraction of sp³-hybridized carbons (Fsp3) is 0.778. The van der Waals surface area contributed by atoms with E-state index in [-0.39, 0.29) is 35.1 Å². The summed E-state index contributed by atoms with van der Waals surface area (Å²) >= 11 is 0. The monoisotopic (exact) mass is 289 g/mol. The zero-order chi connectivity index (χ0) is 15.5. The third-order valence-corrected chi connectivity index (χ3v) is 5.63. The lowest BCUT2D eigenvalue weighted by Crippen LogP contribution is -2.66. The van der Waals surface area contributed by atoms with Gasteiger partial charge in [0.15, 0.2) is 0 Å². The number of fused-ring (bicyclic) bond motifs is 5. The molecule has 1 saturated heterocycles. The molecule has 0 spiro atoms. The first-order chi connectivity index (χ1) is 9.71. The van der Waals surface area contributed by atoms with E-state index >= 15 is 0 Å². The van der Waals surface area contributed by atoms with Crippen molar-refractivity contribution >= 4 is 11.8 Å². The molecule has 2 bridgehead atoms. The fourth-order valence-electron chi connectivity index (χ4n) is 4.64. The van der Waals surface area contributed by atoms with Crippen LogP contribution in [0.4, 0.5) is 0 Å². The van der Waals surface area contributed by atoms with Crippen molar-refractivity contribution in [3.05, 3.63) is 11.6 Å². The van der Waals surface area contributed by atoms with E-state index in [1.54, 1.807) is 4.90 Å². The fourth-order valence-corrected chi connectivity index (χ4v) is 4.64. The largest absolute Gasteiger partial charge is 0.278 e. The highest BCUT2D eigenvalue weighted by Crippen LogP contribution is 2.56. The molecule has 3 aliphatic rings. The number of imide groups is 1. The molecule has 5 unspecified atom stereocenters. The molecule has 3 nitrogen and oxygen atoms in total. The number of nitrogens with zero attached hydrogens (tertiary/aromatic N) is 1. The minimum absolute atomic E-state index is 0.0301. The lowest BCUT2D eigenvalue weighted by atomic mass is 9.73. The van der Waals surface area contributed by atoms with E-state index < -0.39 is 0 Å². The van der Waals surface area contributed by atoms with E-state index in [0.29, 0.717) is 11.8 Å². The summed E-state index contributed by atoms with van der Waals surface area (Å²) in [4.78, 5) is 27.1. The lowest BCUT2D eigenvalue weighted by Gasteiger charge is -2.50. The average molecular weight is 289 g/mol. The Morgan fingerprint density at radius 2 is 1.86 bits per heavy atom. The predicted molar refractivity (Wildman–Crippen MR) is 82.3 cm³/mol. The zero-order valence-electron chi connectivity index (χ0n) is 13.8. The van der Waals surface area contributed by atoms with Crippen LogP contribution in [0.15, 0.2) is 11.6 Å².